The Labute approximate surface area is 96.4 Å². The standard InChI is InChI=1S/C14H17NO/c1-11-8-9-15-13(10-11)5-2-12-3-6-14(16)7-4-12/h2,5,8-10,12H,3-4,6-7H2,1H3/b5-2+. The molecule has 1 fully saturated rings. The fourth-order valence-electron chi connectivity index (χ4n) is 2.04. The fraction of sp³-hybridized carbons (Fsp3) is 0.429. The van der Waals surface area contributed by atoms with E-state index in [0.29, 0.717) is 11.7 Å². The predicted octanol–water partition coefficient (Wildman–Crippen LogP) is 3.16. The van der Waals surface area contributed by atoms with E-state index in [1.54, 1.807) is 0 Å². The third kappa shape index (κ3) is 3.02. The Morgan fingerprint density at radius 2 is 2.12 bits per heavy atom. The van der Waals surface area contributed by atoms with Crippen LogP contribution in [-0.4, -0.2) is 10.8 Å². The Hall–Kier alpha value is -1.44. The summed E-state index contributed by atoms with van der Waals surface area (Å²) in [6.07, 6.45) is 9.61. The lowest BCUT2D eigenvalue weighted by molar-refractivity contribution is -0.120. The molecule has 1 aromatic rings. The molecule has 1 aliphatic rings. The molecule has 2 rings (SSSR count). The highest BCUT2D eigenvalue weighted by atomic mass is 16.1. The molecule has 0 aromatic carbocycles. The second-order valence-corrected chi connectivity index (χ2v) is 4.49. The van der Waals surface area contributed by atoms with E-state index in [1.165, 1.54) is 5.56 Å². The highest BCUT2D eigenvalue weighted by molar-refractivity contribution is 5.79. The molecule has 2 heteroatoms. The average Bonchev–Trinajstić information content (AvgIpc) is 2.28. The average molecular weight is 215 g/mol. The Bertz CT molecular complexity index is 399. The maximum Gasteiger partial charge on any atom is 0.132 e. The molecule has 16 heavy (non-hydrogen) atoms. The second-order valence-electron chi connectivity index (χ2n) is 4.49. The van der Waals surface area contributed by atoms with Crippen molar-refractivity contribution in [2.75, 3.05) is 0 Å². The topological polar surface area (TPSA) is 30.0 Å². The van der Waals surface area contributed by atoms with Crippen LogP contribution in [0.4, 0.5) is 0 Å². The van der Waals surface area contributed by atoms with Crippen molar-refractivity contribution < 1.29 is 4.79 Å². The molecule has 0 unspecified atom stereocenters. The monoisotopic (exact) mass is 215 g/mol. The van der Waals surface area contributed by atoms with E-state index >= 15 is 0 Å². The van der Waals surface area contributed by atoms with Crippen LogP contribution in [0, 0.1) is 12.8 Å². The zero-order valence-corrected chi connectivity index (χ0v) is 9.65. The molecule has 0 aliphatic heterocycles. The molecule has 2 nitrogen and oxygen atoms in total. The van der Waals surface area contributed by atoms with Crippen LogP contribution >= 0.6 is 0 Å². The van der Waals surface area contributed by atoms with E-state index < -0.39 is 0 Å². The Morgan fingerprint density at radius 1 is 1.38 bits per heavy atom. The molecule has 0 radical (unpaired) electrons. The van der Waals surface area contributed by atoms with Gasteiger partial charge in [0.1, 0.15) is 5.78 Å². The van der Waals surface area contributed by atoms with Gasteiger partial charge in [0, 0.05) is 19.0 Å². The van der Waals surface area contributed by atoms with Crippen molar-refractivity contribution in [3.63, 3.8) is 0 Å². The highest BCUT2D eigenvalue weighted by Crippen LogP contribution is 2.23. The van der Waals surface area contributed by atoms with E-state index in [4.69, 9.17) is 0 Å². The van der Waals surface area contributed by atoms with Gasteiger partial charge in [-0.15, -0.1) is 0 Å². The van der Waals surface area contributed by atoms with Crippen LogP contribution in [0.5, 0.6) is 0 Å². The van der Waals surface area contributed by atoms with Gasteiger partial charge in [-0.25, -0.2) is 0 Å². The summed E-state index contributed by atoms with van der Waals surface area (Å²) in [6.45, 7) is 2.07. The minimum atomic E-state index is 0.415. The van der Waals surface area contributed by atoms with Crippen molar-refractivity contribution in [2.24, 2.45) is 5.92 Å². The van der Waals surface area contributed by atoms with Crippen LogP contribution < -0.4 is 0 Å². The molecule has 1 aromatic heterocycles. The smallest absolute Gasteiger partial charge is 0.132 e. The number of nitrogens with zero attached hydrogens (tertiary/aromatic N) is 1. The molecule has 0 spiro atoms. The molecule has 0 N–H and O–H groups in total. The van der Waals surface area contributed by atoms with Gasteiger partial charge in [0.2, 0.25) is 0 Å². The Balaban J connectivity index is 1.96. The molecule has 1 aliphatic carbocycles. The second kappa shape index (κ2) is 5.06. The summed E-state index contributed by atoms with van der Waals surface area (Å²) in [5.74, 6) is 0.971. The first kappa shape index (κ1) is 11.1. The lowest BCUT2D eigenvalue weighted by Gasteiger charge is -2.16. The number of Topliss-reactive ketones (excluding diaryl/α,β-unsaturated/α-hetero) is 1. The minimum absolute atomic E-state index is 0.415. The molecular weight excluding hydrogens is 198 g/mol. The maximum atomic E-state index is 11.1. The molecule has 0 atom stereocenters. The number of ketones is 1. The number of hydrogen-bond donors (Lipinski definition) is 0. The molecule has 0 amide bonds. The van der Waals surface area contributed by atoms with E-state index in [-0.39, 0.29) is 0 Å². The first-order chi connectivity index (χ1) is 7.74. The van der Waals surface area contributed by atoms with Gasteiger partial charge in [-0.2, -0.15) is 0 Å². The third-order valence-corrected chi connectivity index (χ3v) is 3.06. The Kier molecular flexibility index (Phi) is 3.50. The maximum absolute atomic E-state index is 11.1. The number of aromatic nitrogens is 1. The third-order valence-electron chi connectivity index (χ3n) is 3.06. The fourth-order valence-corrected chi connectivity index (χ4v) is 2.04. The van der Waals surface area contributed by atoms with Crippen LogP contribution in [0.25, 0.3) is 6.08 Å². The van der Waals surface area contributed by atoms with Crippen LogP contribution in [0.3, 0.4) is 0 Å². The minimum Gasteiger partial charge on any atom is -0.300 e. The van der Waals surface area contributed by atoms with Gasteiger partial charge >= 0.3 is 0 Å². The summed E-state index contributed by atoms with van der Waals surface area (Å²) >= 11 is 0. The van der Waals surface area contributed by atoms with Crippen molar-refractivity contribution in [1.82, 2.24) is 4.98 Å². The number of carbonyl (C=O) groups excluding carboxylic acids is 1. The van der Waals surface area contributed by atoms with Crippen LogP contribution in [0.2, 0.25) is 0 Å². The number of carbonyl (C=O) groups is 1. The largest absolute Gasteiger partial charge is 0.300 e. The van der Waals surface area contributed by atoms with Crippen molar-refractivity contribution in [1.29, 1.82) is 0 Å². The zero-order chi connectivity index (χ0) is 11.4. The molecule has 1 heterocycles. The molecular formula is C14H17NO. The first-order valence-electron chi connectivity index (χ1n) is 5.86. The quantitative estimate of drug-likeness (QED) is 0.758. The summed E-state index contributed by atoms with van der Waals surface area (Å²) in [5, 5.41) is 0. The van der Waals surface area contributed by atoms with Gasteiger partial charge in [0.15, 0.2) is 0 Å². The summed E-state index contributed by atoms with van der Waals surface area (Å²) < 4.78 is 0. The van der Waals surface area contributed by atoms with Gasteiger partial charge in [0.05, 0.1) is 5.69 Å². The summed E-state index contributed by atoms with van der Waals surface area (Å²) in [6, 6.07) is 4.07. The van der Waals surface area contributed by atoms with Crippen molar-refractivity contribution >= 4 is 11.9 Å². The first-order valence-corrected chi connectivity index (χ1v) is 5.86. The number of hydrogen-bond acceptors (Lipinski definition) is 2. The van der Waals surface area contributed by atoms with Gasteiger partial charge < -0.3 is 0 Å². The number of allylic oxidation sites excluding steroid dienone is 1. The number of rotatable bonds is 2. The molecule has 84 valence electrons. The zero-order valence-electron chi connectivity index (χ0n) is 9.65. The molecule has 0 saturated heterocycles. The molecule has 1 saturated carbocycles. The van der Waals surface area contributed by atoms with Crippen molar-refractivity contribution in [3.05, 3.63) is 35.7 Å². The molecule has 0 bridgehead atoms. The highest BCUT2D eigenvalue weighted by Gasteiger charge is 2.15. The number of aryl methyl sites for hydroxylation is 1. The normalized spacial score (nSPS) is 18.2. The van der Waals surface area contributed by atoms with E-state index in [2.05, 4.69) is 30.1 Å². The summed E-state index contributed by atoms with van der Waals surface area (Å²) in [7, 11) is 0. The van der Waals surface area contributed by atoms with Gasteiger partial charge in [-0.1, -0.05) is 6.08 Å². The van der Waals surface area contributed by atoms with Crippen LogP contribution in [0.1, 0.15) is 36.9 Å². The van der Waals surface area contributed by atoms with Gasteiger partial charge in [0.25, 0.3) is 0 Å². The van der Waals surface area contributed by atoms with Gasteiger partial charge in [-0.3, -0.25) is 9.78 Å². The SMILES string of the molecule is Cc1ccnc(/C=C/C2CCC(=O)CC2)c1. The van der Waals surface area contributed by atoms with Crippen molar-refractivity contribution in [2.45, 2.75) is 32.6 Å². The summed E-state index contributed by atoms with van der Waals surface area (Å²) in [4.78, 5) is 15.4. The summed E-state index contributed by atoms with van der Waals surface area (Å²) in [5.41, 5.74) is 2.24. The van der Waals surface area contributed by atoms with E-state index in [0.717, 1.165) is 31.4 Å². The van der Waals surface area contributed by atoms with E-state index in [9.17, 15) is 4.79 Å². The van der Waals surface area contributed by atoms with Crippen LogP contribution in [-0.2, 0) is 4.79 Å². The lowest BCUT2D eigenvalue weighted by Crippen LogP contribution is -2.11. The van der Waals surface area contributed by atoms with Gasteiger partial charge in [-0.05, 0) is 49.5 Å². The van der Waals surface area contributed by atoms with Crippen molar-refractivity contribution in [3.8, 4) is 0 Å². The number of pyridine rings is 1. The predicted molar refractivity (Wildman–Crippen MR) is 65.0 cm³/mol. The van der Waals surface area contributed by atoms with Crippen LogP contribution in [0.15, 0.2) is 24.4 Å². The lowest BCUT2D eigenvalue weighted by atomic mass is 9.88. The van der Waals surface area contributed by atoms with E-state index in [1.807, 2.05) is 12.3 Å². The Morgan fingerprint density at radius 3 is 2.81 bits per heavy atom.